The molecule has 0 aliphatic carbocycles. The van der Waals surface area contributed by atoms with Crippen LogP contribution in [-0.2, 0) is 0 Å². The summed E-state index contributed by atoms with van der Waals surface area (Å²) < 4.78 is 26.3. The maximum absolute atomic E-state index is 13.1. The first-order valence-electron chi connectivity index (χ1n) is 4.14. The van der Waals surface area contributed by atoms with Gasteiger partial charge < -0.3 is 4.90 Å². The molecule has 0 spiro atoms. The van der Waals surface area contributed by atoms with Crippen molar-refractivity contribution in [3.8, 4) is 6.07 Å². The molecule has 0 N–H and O–H groups in total. The van der Waals surface area contributed by atoms with Gasteiger partial charge in [0, 0.05) is 7.05 Å². The maximum atomic E-state index is 13.1. The summed E-state index contributed by atoms with van der Waals surface area (Å²) in [5.41, 5.74) is -0.629. The Morgan fingerprint density at radius 2 is 2.00 bits per heavy atom. The van der Waals surface area contributed by atoms with Gasteiger partial charge in [-0.15, -0.1) is 0 Å². The van der Waals surface area contributed by atoms with E-state index in [1.54, 1.807) is 6.07 Å². The number of benzene rings is 1. The highest BCUT2D eigenvalue weighted by atomic mass is 19.1. The van der Waals surface area contributed by atoms with Crippen molar-refractivity contribution in [2.45, 2.75) is 0 Å². The van der Waals surface area contributed by atoms with Crippen molar-refractivity contribution >= 4 is 5.91 Å². The number of carbonyl (C=O) groups excluding carboxylic acids is 1. The van der Waals surface area contributed by atoms with Crippen molar-refractivity contribution in [1.29, 1.82) is 5.26 Å². The summed E-state index contributed by atoms with van der Waals surface area (Å²) in [6.07, 6.45) is 0. The minimum Gasteiger partial charge on any atom is -0.328 e. The summed E-state index contributed by atoms with van der Waals surface area (Å²) in [5, 5.41) is 8.34. The lowest BCUT2D eigenvalue weighted by Gasteiger charge is -2.13. The molecular weight excluding hydrogens is 202 g/mol. The Bertz CT molecular complexity index is 406. The fraction of sp³-hybridized carbons (Fsp3) is 0.200. The summed E-state index contributed by atoms with van der Waals surface area (Å²) in [6, 6.07) is 4.88. The fourth-order valence-electron chi connectivity index (χ4n) is 1.07. The maximum Gasteiger partial charge on any atom is 0.260 e. The van der Waals surface area contributed by atoms with E-state index in [4.69, 9.17) is 5.26 Å². The molecule has 0 aromatic heterocycles. The molecule has 0 aliphatic heterocycles. The Balaban J connectivity index is 3.07. The van der Waals surface area contributed by atoms with Crippen molar-refractivity contribution in [3.63, 3.8) is 0 Å². The van der Waals surface area contributed by atoms with Gasteiger partial charge >= 0.3 is 0 Å². The number of halogens is 2. The Labute approximate surface area is 85.5 Å². The standard InChI is InChI=1S/C10H8F2N2O/c1-14(6-5-13)10(15)9-7(11)3-2-4-8(9)12/h2-4H,6H2,1H3. The number of hydrogen-bond acceptors (Lipinski definition) is 2. The van der Waals surface area contributed by atoms with Crippen LogP contribution in [0.15, 0.2) is 18.2 Å². The van der Waals surface area contributed by atoms with Gasteiger partial charge in [0.25, 0.3) is 5.91 Å². The van der Waals surface area contributed by atoms with Crippen LogP contribution in [0, 0.1) is 23.0 Å². The summed E-state index contributed by atoms with van der Waals surface area (Å²) in [6.45, 7) is -0.216. The molecule has 5 heteroatoms. The van der Waals surface area contributed by atoms with E-state index in [0.29, 0.717) is 0 Å². The highest BCUT2D eigenvalue weighted by molar-refractivity contribution is 5.94. The minimum absolute atomic E-state index is 0.216. The number of rotatable bonds is 2. The van der Waals surface area contributed by atoms with Gasteiger partial charge in [0.05, 0.1) is 6.07 Å². The highest BCUT2D eigenvalue weighted by Crippen LogP contribution is 2.13. The van der Waals surface area contributed by atoms with Crippen molar-refractivity contribution in [1.82, 2.24) is 4.90 Å². The molecule has 1 aromatic carbocycles. The average molecular weight is 210 g/mol. The molecule has 1 amide bonds. The van der Waals surface area contributed by atoms with E-state index < -0.39 is 23.1 Å². The molecule has 1 rings (SSSR count). The van der Waals surface area contributed by atoms with Crippen LogP contribution in [0.4, 0.5) is 8.78 Å². The minimum atomic E-state index is -0.926. The van der Waals surface area contributed by atoms with Crippen LogP contribution >= 0.6 is 0 Å². The van der Waals surface area contributed by atoms with E-state index in [0.717, 1.165) is 17.0 Å². The fourth-order valence-corrected chi connectivity index (χ4v) is 1.07. The normalized spacial score (nSPS) is 9.47. The lowest BCUT2D eigenvalue weighted by Crippen LogP contribution is -2.28. The first-order chi connectivity index (χ1) is 7.07. The molecule has 0 saturated carbocycles. The summed E-state index contributed by atoms with van der Waals surface area (Å²) in [4.78, 5) is 12.4. The van der Waals surface area contributed by atoms with E-state index in [9.17, 15) is 13.6 Å². The Morgan fingerprint density at radius 1 is 1.47 bits per heavy atom. The van der Waals surface area contributed by atoms with Crippen LogP contribution in [-0.4, -0.2) is 24.4 Å². The largest absolute Gasteiger partial charge is 0.328 e. The van der Waals surface area contributed by atoms with Crippen molar-refractivity contribution < 1.29 is 13.6 Å². The number of hydrogen-bond donors (Lipinski definition) is 0. The average Bonchev–Trinajstić information content (AvgIpc) is 2.17. The quantitative estimate of drug-likeness (QED) is 0.695. The van der Waals surface area contributed by atoms with Gasteiger partial charge in [-0.2, -0.15) is 5.26 Å². The molecule has 0 bridgehead atoms. The Kier molecular flexibility index (Phi) is 3.34. The molecule has 3 nitrogen and oxygen atoms in total. The van der Waals surface area contributed by atoms with Gasteiger partial charge in [0.2, 0.25) is 0 Å². The van der Waals surface area contributed by atoms with Gasteiger partial charge in [0.15, 0.2) is 0 Å². The summed E-state index contributed by atoms with van der Waals surface area (Å²) in [5.74, 6) is -2.69. The van der Waals surface area contributed by atoms with Crippen molar-refractivity contribution in [2.75, 3.05) is 13.6 Å². The van der Waals surface area contributed by atoms with Crippen molar-refractivity contribution in [3.05, 3.63) is 35.4 Å². The summed E-state index contributed by atoms with van der Waals surface area (Å²) in [7, 11) is 1.30. The Hall–Kier alpha value is -1.96. The SMILES string of the molecule is CN(CC#N)C(=O)c1c(F)cccc1F. The number of carbonyl (C=O) groups is 1. The second-order valence-electron chi connectivity index (χ2n) is 2.92. The number of amides is 1. The molecule has 1 aromatic rings. The summed E-state index contributed by atoms with van der Waals surface area (Å²) >= 11 is 0. The molecule has 0 fully saturated rings. The van der Waals surface area contributed by atoms with Gasteiger partial charge in [-0.3, -0.25) is 4.79 Å². The van der Waals surface area contributed by atoms with E-state index in [2.05, 4.69) is 0 Å². The lowest BCUT2D eigenvalue weighted by atomic mass is 10.1. The van der Waals surface area contributed by atoms with E-state index in [-0.39, 0.29) is 6.54 Å². The second-order valence-corrected chi connectivity index (χ2v) is 2.92. The molecular formula is C10H8F2N2O. The second kappa shape index (κ2) is 4.51. The smallest absolute Gasteiger partial charge is 0.260 e. The molecule has 0 unspecified atom stereocenters. The molecule has 0 radical (unpaired) electrons. The lowest BCUT2D eigenvalue weighted by molar-refractivity contribution is 0.0802. The van der Waals surface area contributed by atoms with Crippen LogP contribution in [0.1, 0.15) is 10.4 Å². The van der Waals surface area contributed by atoms with Crippen LogP contribution in [0.2, 0.25) is 0 Å². The third-order valence-electron chi connectivity index (χ3n) is 1.83. The van der Waals surface area contributed by atoms with Gasteiger partial charge in [-0.05, 0) is 12.1 Å². The zero-order chi connectivity index (χ0) is 11.4. The number of nitriles is 1. The molecule has 15 heavy (non-hydrogen) atoms. The van der Waals surface area contributed by atoms with E-state index in [1.165, 1.54) is 13.1 Å². The zero-order valence-electron chi connectivity index (χ0n) is 8.00. The third-order valence-corrected chi connectivity index (χ3v) is 1.83. The third kappa shape index (κ3) is 2.29. The number of nitrogens with zero attached hydrogens (tertiary/aromatic N) is 2. The van der Waals surface area contributed by atoms with Crippen molar-refractivity contribution in [2.24, 2.45) is 0 Å². The molecule has 78 valence electrons. The van der Waals surface area contributed by atoms with E-state index in [1.807, 2.05) is 0 Å². The predicted molar refractivity (Wildman–Crippen MR) is 48.9 cm³/mol. The van der Waals surface area contributed by atoms with Gasteiger partial charge in [-0.25, -0.2) is 8.78 Å². The predicted octanol–water partition coefficient (Wildman–Crippen LogP) is 1.56. The van der Waals surface area contributed by atoms with Gasteiger partial charge in [-0.1, -0.05) is 6.07 Å². The molecule has 0 saturated heterocycles. The highest BCUT2D eigenvalue weighted by Gasteiger charge is 2.19. The topological polar surface area (TPSA) is 44.1 Å². The van der Waals surface area contributed by atoms with Crippen LogP contribution in [0.3, 0.4) is 0 Å². The zero-order valence-corrected chi connectivity index (χ0v) is 8.00. The van der Waals surface area contributed by atoms with Gasteiger partial charge in [0.1, 0.15) is 23.7 Å². The molecule has 0 aliphatic rings. The molecule has 0 heterocycles. The van der Waals surface area contributed by atoms with E-state index >= 15 is 0 Å². The first-order valence-corrected chi connectivity index (χ1v) is 4.14. The van der Waals surface area contributed by atoms with Crippen LogP contribution in [0.25, 0.3) is 0 Å². The Morgan fingerprint density at radius 3 is 2.47 bits per heavy atom. The monoisotopic (exact) mass is 210 g/mol. The first kappa shape index (κ1) is 11.1. The molecule has 0 atom stereocenters. The van der Waals surface area contributed by atoms with Crippen LogP contribution in [0.5, 0.6) is 0 Å². The van der Waals surface area contributed by atoms with Crippen LogP contribution < -0.4 is 0 Å².